The third-order valence-electron chi connectivity index (χ3n) is 4.46. The number of thioether (sulfide) groups is 1. The Kier molecular flexibility index (Phi) is 5.33. The number of nitrogens with zero attached hydrogens (tertiary/aromatic N) is 1. The number of fused-ring (bicyclic) bond motifs is 1. The zero-order valence-electron chi connectivity index (χ0n) is 15.6. The first kappa shape index (κ1) is 18.9. The van der Waals surface area contributed by atoms with Crippen molar-refractivity contribution >= 4 is 50.8 Å². The molecule has 0 radical (unpaired) electrons. The topological polar surface area (TPSA) is 63.0 Å². The van der Waals surface area contributed by atoms with Crippen LogP contribution in [-0.2, 0) is 4.79 Å². The van der Waals surface area contributed by atoms with E-state index in [2.05, 4.69) is 18.8 Å². The summed E-state index contributed by atoms with van der Waals surface area (Å²) in [4.78, 5) is 17.7. The van der Waals surface area contributed by atoms with E-state index in [-0.39, 0.29) is 5.78 Å². The molecule has 0 aliphatic carbocycles. The van der Waals surface area contributed by atoms with Gasteiger partial charge in [0.05, 0.1) is 16.6 Å². The van der Waals surface area contributed by atoms with Gasteiger partial charge in [-0.1, -0.05) is 55.9 Å². The van der Waals surface area contributed by atoms with Crippen LogP contribution in [0, 0.1) is 11.3 Å². The fourth-order valence-corrected chi connectivity index (χ4v) is 4.93. The van der Waals surface area contributed by atoms with Crippen LogP contribution >= 0.6 is 23.1 Å². The van der Waals surface area contributed by atoms with Gasteiger partial charge in [0.1, 0.15) is 16.7 Å². The number of thiazole rings is 1. The van der Waals surface area contributed by atoms with Gasteiger partial charge in [-0.3, -0.25) is 10.2 Å². The molecule has 6 heteroatoms. The first-order valence-corrected chi connectivity index (χ1v) is 10.8. The summed E-state index contributed by atoms with van der Waals surface area (Å²) in [6.07, 6.45) is 3.57. The normalized spacial score (nSPS) is 18.5. The molecule has 1 aliphatic rings. The van der Waals surface area contributed by atoms with Crippen molar-refractivity contribution < 1.29 is 9.53 Å². The second-order valence-corrected chi connectivity index (χ2v) is 9.06. The molecule has 2 heterocycles. The Morgan fingerprint density at radius 3 is 2.71 bits per heavy atom. The zero-order chi connectivity index (χ0) is 19.7. The van der Waals surface area contributed by atoms with E-state index in [9.17, 15) is 4.79 Å². The van der Waals surface area contributed by atoms with E-state index in [4.69, 9.17) is 10.1 Å². The molecule has 2 aromatic carbocycles. The number of rotatable bonds is 5. The second-order valence-electron chi connectivity index (χ2n) is 7.05. The van der Waals surface area contributed by atoms with Crippen LogP contribution in [0.15, 0.2) is 52.9 Å². The number of ketones is 1. The van der Waals surface area contributed by atoms with Gasteiger partial charge < -0.3 is 4.74 Å². The highest BCUT2D eigenvalue weighted by molar-refractivity contribution is 8.19. The third kappa shape index (κ3) is 3.62. The number of carbonyl (C=O) groups excluding carboxylic acids is 1. The molecule has 1 atom stereocenters. The van der Waals surface area contributed by atoms with Crippen LogP contribution in [0.25, 0.3) is 16.8 Å². The van der Waals surface area contributed by atoms with E-state index in [1.807, 2.05) is 47.9 Å². The molecule has 1 aromatic heterocycles. The summed E-state index contributed by atoms with van der Waals surface area (Å²) >= 11 is 2.65. The Labute approximate surface area is 172 Å². The van der Waals surface area contributed by atoms with Crippen LogP contribution in [0.1, 0.15) is 30.3 Å². The summed E-state index contributed by atoms with van der Waals surface area (Å²) in [5.74, 6) is 0.692. The molecule has 1 unspecified atom stereocenters. The molecule has 0 spiro atoms. The van der Waals surface area contributed by atoms with E-state index in [1.165, 1.54) is 23.1 Å². The molecule has 0 bridgehead atoms. The van der Waals surface area contributed by atoms with E-state index in [1.54, 1.807) is 6.20 Å². The van der Waals surface area contributed by atoms with E-state index in [0.29, 0.717) is 27.5 Å². The van der Waals surface area contributed by atoms with Gasteiger partial charge >= 0.3 is 0 Å². The number of ether oxygens (including phenoxy) is 1. The number of nitrogens with one attached hydrogen (secondary N) is 1. The first-order valence-electron chi connectivity index (χ1n) is 9.10. The Morgan fingerprint density at radius 2 is 2.00 bits per heavy atom. The van der Waals surface area contributed by atoms with Crippen molar-refractivity contribution in [3.63, 3.8) is 0 Å². The minimum Gasteiger partial charge on any atom is -0.493 e. The van der Waals surface area contributed by atoms with E-state index in [0.717, 1.165) is 22.1 Å². The lowest BCUT2D eigenvalue weighted by Crippen LogP contribution is -2.11. The average molecular weight is 409 g/mol. The van der Waals surface area contributed by atoms with Gasteiger partial charge in [-0.2, -0.15) is 0 Å². The summed E-state index contributed by atoms with van der Waals surface area (Å²) in [7, 11) is 0. The maximum atomic E-state index is 12.9. The van der Waals surface area contributed by atoms with Crippen LogP contribution in [0.4, 0.5) is 0 Å². The lowest BCUT2D eigenvalue weighted by atomic mass is 10.0. The standard InChI is InChI=1S/C22H20N2O2S2/c1-13(2)12-26-17-8-7-14(15-5-3-4-6-16(15)17)11-18-20(25)19(21(23)28-18)22-24-9-10-27-22/h3-11,13,19,23H,12H2,1-2H3. The first-order chi connectivity index (χ1) is 13.5. The average Bonchev–Trinajstić information content (AvgIpc) is 3.29. The molecule has 4 nitrogen and oxygen atoms in total. The van der Waals surface area contributed by atoms with Gasteiger partial charge in [-0.15, -0.1) is 11.3 Å². The molecule has 1 N–H and O–H groups in total. The molecule has 1 fully saturated rings. The number of hydrogen-bond donors (Lipinski definition) is 1. The fourth-order valence-electron chi connectivity index (χ4n) is 3.14. The molecule has 4 rings (SSSR count). The predicted molar refractivity (Wildman–Crippen MR) is 117 cm³/mol. The van der Waals surface area contributed by atoms with Gasteiger partial charge in [0.2, 0.25) is 0 Å². The zero-order valence-corrected chi connectivity index (χ0v) is 17.3. The Balaban J connectivity index is 1.71. The molecule has 3 aromatic rings. The van der Waals surface area contributed by atoms with Gasteiger partial charge in [0.15, 0.2) is 5.78 Å². The summed E-state index contributed by atoms with van der Waals surface area (Å²) < 4.78 is 5.98. The molecule has 0 amide bonds. The predicted octanol–water partition coefficient (Wildman–Crippen LogP) is 5.75. The van der Waals surface area contributed by atoms with Crippen molar-refractivity contribution in [1.29, 1.82) is 5.41 Å². The molecule has 0 saturated carbocycles. The maximum absolute atomic E-state index is 12.9. The Bertz CT molecular complexity index is 1070. The third-order valence-corrected chi connectivity index (χ3v) is 6.30. The summed E-state index contributed by atoms with van der Waals surface area (Å²) in [6.45, 7) is 4.90. The van der Waals surface area contributed by atoms with Crippen molar-refractivity contribution in [2.24, 2.45) is 5.92 Å². The molecular weight excluding hydrogens is 388 g/mol. The highest BCUT2D eigenvalue weighted by Gasteiger charge is 2.38. The largest absolute Gasteiger partial charge is 0.493 e. The minimum atomic E-state index is -0.559. The van der Waals surface area contributed by atoms with Crippen molar-refractivity contribution in [3.8, 4) is 5.75 Å². The lowest BCUT2D eigenvalue weighted by Gasteiger charge is -2.13. The summed E-state index contributed by atoms with van der Waals surface area (Å²) in [5.41, 5.74) is 0.955. The Hall–Kier alpha value is -2.44. The van der Waals surface area contributed by atoms with Crippen LogP contribution in [-0.4, -0.2) is 22.4 Å². The highest BCUT2D eigenvalue weighted by atomic mass is 32.2. The maximum Gasteiger partial charge on any atom is 0.186 e. The molecule has 28 heavy (non-hydrogen) atoms. The molecule has 142 valence electrons. The fraction of sp³-hybridized carbons (Fsp3) is 0.227. The van der Waals surface area contributed by atoms with Crippen LogP contribution in [0.3, 0.4) is 0 Å². The van der Waals surface area contributed by atoms with E-state index >= 15 is 0 Å². The molecule has 1 saturated heterocycles. The van der Waals surface area contributed by atoms with Crippen LogP contribution in [0.2, 0.25) is 0 Å². The minimum absolute atomic E-state index is 0.0471. The van der Waals surface area contributed by atoms with Crippen molar-refractivity contribution in [2.75, 3.05) is 6.61 Å². The van der Waals surface area contributed by atoms with Crippen molar-refractivity contribution in [2.45, 2.75) is 19.8 Å². The van der Waals surface area contributed by atoms with Gasteiger partial charge in [-0.25, -0.2) is 4.98 Å². The summed E-state index contributed by atoms with van der Waals surface area (Å²) in [5, 5.41) is 13.2. The summed E-state index contributed by atoms with van der Waals surface area (Å²) in [6, 6.07) is 12.0. The number of hydrogen-bond acceptors (Lipinski definition) is 6. The van der Waals surface area contributed by atoms with Crippen LogP contribution < -0.4 is 4.74 Å². The number of benzene rings is 2. The second kappa shape index (κ2) is 7.89. The SMILES string of the molecule is CC(C)COc1ccc(C=C2SC(=N)C(c3nccs3)C2=O)c2ccccc12. The number of allylic oxidation sites excluding steroid dienone is 1. The van der Waals surface area contributed by atoms with Crippen molar-refractivity contribution in [1.82, 2.24) is 4.98 Å². The monoisotopic (exact) mass is 408 g/mol. The van der Waals surface area contributed by atoms with Crippen molar-refractivity contribution in [3.05, 3.63) is 63.5 Å². The van der Waals surface area contributed by atoms with E-state index < -0.39 is 5.92 Å². The van der Waals surface area contributed by atoms with Gasteiger partial charge in [-0.05, 0) is 29.0 Å². The van der Waals surface area contributed by atoms with Crippen LogP contribution in [0.5, 0.6) is 5.75 Å². The smallest absolute Gasteiger partial charge is 0.186 e. The Morgan fingerprint density at radius 1 is 1.21 bits per heavy atom. The molecular formula is C22H20N2O2S2. The quantitative estimate of drug-likeness (QED) is 0.546. The molecule has 1 aliphatic heterocycles. The van der Waals surface area contributed by atoms with Gasteiger partial charge in [0, 0.05) is 17.0 Å². The highest BCUT2D eigenvalue weighted by Crippen LogP contribution is 2.42. The number of carbonyl (C=O) groups is 1. The number of Topliss-reactive ketones (excluding diaryl/α,β-unsaturated/α-hetero) is 1. The van der Waals surface area contributed by atoms with Gasteiger partial charge in [0.25, 0.3) is 0 Å². The number of aromatic nitrogens is 1. The lowest BCUT2D eigenvalue weighted by molar-refractivity contribution is -0.114.